The second-order valence-electron chi connectivity index (χ2n) is 3.05. The highest BCUT2D eigenvalue weighted by molar-refractivity contribution is 6.00. The van der Waals surface area contributed by atoms with E-state index in [4.69, 9.17) is 4.11 Å². The van der Waals surface area contributed by atoms with Crippen LogP contribution in [0.4, 0.5) is 0 Å². The van der Waals surface area contributed by atoms with Gasteiger partial charge in [0.05, 0.1) is 6.04 Å². The quantitative estimate of drug-likeness (QED) is 0.785. The second-order valence-corrected chi connectivity index (χ2v) is 3.05. The first-order valence-corrected chi connectivity index (χ1v) is 4.19. The fourth-order valence-electron chi connectivity index (χ4n) is 1.15. The van der Waals surface area contributed by atoms with E-state index in [0.29, 0.717) is 5.56 Å². The van der Waals surface area contributed by atoms with E-state index in [1.807, 2.05) is 19.1 Å². The Morgan fingerprint density at radius 1 is 1.50 bits per heavy atom. The van der Waals surface area contributed by atoms with Crippen LogP contribution in [0.2, 0.25) is 0 Å². The number of hydrogen-bond donors (Lipinski definition) is 1. The molecular formula is C11H16ClNO. The fraction of sp³-hybridized carbons (Fsp3) is 0.364. The zero-order valence-corrected chi connectivity index (χ0v) is 9.02. The molecule has 0 saturated heterocycles. The summed E-state index contributed by atoms with van der Waals surface area (Å²) in [6.45, 7) is 1.09. The van der Waals surface area contributed by atoms with Crippen LogP contribution in [0.3, 0.4) is 0 Å². The molecule has 0 saturated carbocycles. The molecule has 0 aliphatic carbocycles. The van der Waals surface area contributed by atoms with Crippen molar-refractivity contribution in [1.82, 2.24) is 5.32 Å². The van der Waals surface area contributed by atoms with Crippen LogP contribution in [-0.4, -0.2) is 18.8 Å². The van der Waals surface area contributed by atoms with E-state index in [9.17, 15) is 4.79 Å². The topological polar surface area (TPSA) is 29.1 Å². The van der Waals surface area contributed by atoms with Crippen molar-refractivity contribution in [2.75, 3.05) is 6.98 Å². The van der Waals surface area contributed by atoms with Crippen LogP contribution in [0.1, 0.15) is 27.0 Å². The van der Waals surface area contributed by atoms with Crippen molar-refractivity contribution >= 4 is 18.2 Å². The Morgan fingerprint density at radius 2 is 2.14 bits per heavy atom. The molecule has 0 aliphatic heterocycles. The largest absolute Gasteiger partial charge is 0.310 e. The van der Waals surface area contributed by atoms with Gasteiger partial charge in [0.1, 0.15) is 0 Å². The number of rotatable bonds is 3. The molecule has 0 spiro atoms. The molecule has 0 fully saturated rings. The van der Waals surface area contributed by atoms with Crippen molar-refractivity contribution in [1.29, 1.82) is 0 Å². The van der Waals surface area contributed by atoms with Crippen LogP contribution in [0.15, 0.2) is 24.3 Å². The normalized spacial score (nSPS) is 15.7. The number of carbonyl (C=O) groups is 1. The van der Waals surface area contributed by atoms with E-state index in [1.165, 1.54) is 0 Å². The van der Waals surface area contributed by atoms with Gasteiger partial charge in [-0.05, 0) is 26.4 Å². The molecule has 0 aromatic heterocycles. The van der Waals surface area contributed by atoms with E-state index in [1.54, 1.807) is 19.1 Å². The monoisotopic (exact) mass is 216 g/mol. The van der Waals surface area contributed by atoms with Crippen molar-refractivity contribution in [2.24, 2.45) is 0 Å². The number of likely N-dealkylation sites (N-methyl/N-ethyl adjacent to an activating group) is 1. The van der Waals surface area contributed by atoms with Crippen LogP contribution >= 0.6 is 12.4 Å². The van der Waals surface area contributed by atoms with Gasteiger partial charge >= 0.3 is 0 Å². The minimum Gasteiger partial charge on any atom is -0.310 e. The Balaban J connectivity index is 0.00000256. The summed E-state index contributed by atoms with van der Waals surface area (Å²) in [7, 11) is 0. The third kappa shape index (κ3) is 2.82. The fourth-order valence-corrected chi connectivity index (χ4v) is 1.15. The Kier molecular flexibility index (Phi) is 3.49. The summed E-state index contributed by atoms with van der Waals surface area (Å²) < 4.78 is 21.1. The van der Waals surface area contributed by atoms with Crippen molar-refractivity contribution in [2.45, 2.75) is 19.9 Å². The zero-order chi connectivity index (χ0) is 12.3. The number of nitrogens with one attached hydrogen (secondary N) is 1. The number of ketones is 1. The Bertz CT molecular complexity index is 393. The predicted octanol–water partition coefficient (Wildman–Crippen LogP) is 2.21. The molecule has 0 radical (unpaired) electrons. The smallest absolute Gasteiger partial charge is 0.179 e. The first-order chi connectivity index (χ1) is 7.31. The van der Waals surface area contributed by atoms with Gasteiger partial charge in [-0.25, -0.2) is 0 Å². The van der Waals surface area contributed by atoms with Gasteiger partial charge in [-0.15, -0.1) is 12.4 Å². The molecule has 1 unspecified atom stereocenters. The Hall–Kier alpha value is -0.860. The lowest BCUT2D eigenvalue weighted by Gasteiger charge is -2.10. The first-order valence-electron chi connectivity index (χ1n) is 5.69. The molecule has 1 atom stereocenters. The van der Waals surface area contributed by atoms with Crippen molar-refractivity contribution in [3.63, 3.8) is 0 Å². The first kappa shape index (κ1) is 8.45. The van der Waals surface area contributed by atoms with Crippen molar-refractivity contribution in [3.05, 3.63) is 35.4 Å². The van der Waals surface area contributed by atoms with Crippen LogP contribution in [0, 0.1) is 6.92 Å². The van der Waals surface area contributed by atoms with Gasteiger partial charge < -0.3 is 5.32 Å². The third-order valence-electron chi connectivity index (χ3n) is 2.02. The molecule has 2 nitrogen and oxygen atoms in total. The number of halogens is 1. The SMILES string of the molecule is Cl.[2H]C([2H])([2H])NC(C)C(=O)c1ccccc1C. The molecule has 3 heteroatoms. The van der Waals surface area contributed by atoms with Crippen LogP contribution in [0.5, 0.6) is 0 Å². The predicted molar refractivity (Wildman–Crippen MR) is 61.3 cm³/mol. The highest BCUT2D eigenvalue weighted by Crippen LogP contribution is 2.09. The molecule has 14 heavy (non-hydrogen) atoms. The molecule has 0 heterocycles. The van der Waals surface area contributed by atoms with Crippen LogP contribution in [-0.2, 0) is 0 Å². The summed E-state index contributed by atoms with van der Waals surface area (Å²) in [4.78, 5) is 11.9. The number of aryl methyl sites for hydroxylation is 1. The highest BCUT2D eigenvalue weighted by Gasteiger charge is 2.13. The summed E-state index contributed by atoms with van der Waals surface area (Å²) in [6.07, 6.45) is 0. The zero-order valence-electron chi connectivity index (χ0n) is 11.2. The standard InChI is InChI=1S/C11H15NO.ClH/c1-8-6-4-5-7-10(8)11(13)9(2)12-3;/h4-7,9,12H,1-3H3;1H/i3D3;. The maximum Gasteiger partial charge on any atom is 0.179 e. The average Bonchev–Trinajstić information content (AvgIpc) is 2.15. The Labute approximate surface area is 95.3 Å². The van der Waals surface area contributed by atoms with E-state index in [0.717, 1.165) is 5.56 Å². The molecule has 1 rings (SSSR count). The number of Topliss-reactive ketones (excluding diaryl/α,β-unsaturated/α-hetero) is 1. The van der Waals surface area contributed by atoms with Gasteiger partial charge in [0, 0.05) is 9.68 Å². The lowest BCUT2D eigenvalue weighted by molar-refractivity contribution is 0.0954. The third-order valence-corrected chi connectivity index (χ3v) is 2.02. The van der Waals surface area contributed by atoms with Gasteiger partial charge in [0.2, 0.25) is 0 Å². The number of carbonyl (C=O) groups excluding carboxylic acids is 1. The molecule has 0 aliphatic rings. The minimum atomic E-state index is -2.29. The molecule has 0 bridgehead atoms. The number of hydrogen-bond acceptors (Lipinski definition) is 2. The van der Waals surface area contributed by atoms with Gasteiger partial charge in [-0.1, -0.05) is 24.3 Å². The molecule has 1 N–H and O–H groups in total. The summed E-state index contributed by atoms with van der Waals surface area (Å²) >= 11 is 0. The summed E-state index contributed by atoms with van der Waals surface area (Å²) in [6, 6.07) is 6.43. The van der Waals surface area contributed by atoms with E-state index in [-0.39, 0.29) is 18.2 Å². The van der Waals surface area contributed by atoms with E-state index >= 15 is 0 Å². The molecule has 78 valence electrons. The Morgan fingerprint density at radius 3 is 2.71 bits per heavy atom. The van der Waals surface area contributed by atoms with Crippen LogP contribution in [0.25, 0.3) is 0 Å². The second kappa shape index (κ2) is 5.78. The highest BCUT2D eigenvalue weighted by atomic mass is 35.5. The molecular weight excluding hydrogens is 198 g/mol. The summed E-state index contributed by atoms with van der Waals surface area (Å²) in [5, 5.41) is 2.30. The average molecular weight is 217 g/mol. The van der Waals surface area contributed by atoms with Gasteiger partial charge in [-0.3, -0.25) is 4.79 Å². The molecule has 1 aromatic carbocycles. The maximum absolute atomic E-state index is 11.9. The molecule has 0 amide bonds. The van der Waals surface area contributed by atoms with Gasteiger partial charge in [0.15, 0.2) is 5.78 Å². The summed E-state index contributed by atoms with van der Waals surface area (Å²) in [5.74, 6) is -0.200. The van der Waals surface area contributed by atoms with E-state index in [2.05, 4.69) is 5.32 Å². The number of benzene rings is 1. The minimum absolute atomic E-state index is 0. The van der Waals surface area contributed by atoms with Crippen LogP contribution < -0.4 is 5.32 Å². The van der Waals surface area contributed by atoms with Crippen molar-refractivity contribution < 1.29 is 8.91 Å². The molecule has 1 aromatic rings. The van der Waals surface area contributed by atoms with Gasteiger partial charge in [0.25, 0.3) is 0 Å². The lowest BCUT2D eigenvalue weighted by atomic mass is 10.0. The van der Waals surface area contributed by atoms with Gasteiger partial charge in [-0.2, -0.15) is 0 Å². The van der Waals surface area contributed by atoms with E-state index < -0.39 is 13.0 Å². The lowest BCUT2D eigenvalue weighted by Crippen LogP contribution is -2.31. The van der Waals surface area contributed by atoms with Crippen molar-refractivity contribution in [3.8, 4) is 0 Å². The summed E-state index contributed by atoms with van der Waals surface area (Å²) in [5.41, 5.74) is 1.42. The maximum atomic E-state index is 11.9.